The maximum Gasteiger partial charge on any atom is 0.132 e. The Bertz CT molecular complexity index is 546. The molecule has 0 aliphatic carbocycles. The van der Waals surface area contributed by atoms with Crippen LogP contribution in [-0.4, -0.2) is 9.97 Å². The summed E-state index contributed by atoms with van der Waals surface area (Å²) in [6.45, 7) is 5.95. The molecule has 0 bridgehead atoms. The Balaban J connectivity index is 2.45. The first-order valence-electron chi connectivity index (χ1n) is 6.07. The minimum Gasteiger partial charge on any atom is -0.344 e. The van der Waals surface area contributed by atoms with E-state index < -0.39 is 0 Å². The standard InChI is InChI=1S/C14H18FN3/c1-8(2)12(16)14-17-9(3)13(18-14)10-6-4-5-7-11(10)15/h4-8,12H,16H2,1-3H3,(H,17,18). The summed E-state index contributed by atoms with van der Waals surface area (Å²) in [7, 11) is 0. The normalized spacial score (nSPS) is 13.0. The van der Waals surface area contributed by atoms with Crippen molar-refractivity contribution >= 4 is 0 Å². The number of hydrogen-bond acceptors (Lipinski definition) is 2. The molecule has 0 spiro atoms. The van der Waals surface area contributed by atoms with Gasteiger partial charge in [0, 0.05) is 11.3 Å². The Morgan fingerprint density at radius 3 is 2.56 bits per heavy atom. The Kier molecular flexibility index (Phi) is 3.48. The largest absolute Gasteiger partial charge is 0.344 e. The van der Waals surface area contributed by atoms with E-state index in [1.807, 2.05) is 20.8 Å². The molecule has 3 N–H and O–H groups in total. The third-order valence-corrected chi connectivity index (χ3v) is 3.07. The molecule has 3 nitrogen and oxygen atoms in total. The van der Waals surface area contributed by atoms with Gasteiger partial charge in [-0.1, -0.05) is 26.0 Å². The van der Waals surface area contributed by atoms with Gasteiger partial charge < -0.3 is 10.7 Å². The van der Waals surface area contributed by atoms with Crippen molar-refractivity contribution in [2.45, 2.75) is 26.8 Å². The van der Waals surface area contributed by atoms with Crippen molar-refractivity contribution in [1.29, 1.82) is 0 Å². The highest BCUT2D eigenvalue weighted by Gasteiger charge is 2.18. The molecule has 18 heavy (non-hydrogen) atoms. The fourth-order valence-corrected chi connectivity index (χ4v) is 1.87. The number of nitrogens with zero attached hydrogens (tertiary/aromatic N) is 1. The third kappa shape index (κ3) is 2.29. The minimum absolute atomic E-state index is 0.163. The predicted molar refractivity (Wildman–Crippen MR) is 70.5 cm³/mol. The van der Waals surface area contributed by atoms with Crippen molar-refractivity contribution in [2.75, 3.05) is 0 Å². The van der Waals surface area contributed by atoms with Crippen molar-refractivity contribution in [1.82, 2.24) is 9.97 Å². The predicted octanol–water partition coefficient (Wildman–Crippen LogP) is 3.18. The lowest BCUT2D eigenvalue weighted by atomic mass is 10.1. The monoisotopic (exact) mass is 247 g/mol. The average Bonchev–Trinajstić information content (AvgIpc) is 2.71. The van der Waals surface area contributed by atoms with Crippen molar-refractivity contribution in [3.05, 3.63) is 41.6 Å². The van der Waals surface area contributed by atoms with E-state index in [0.29, 0.717) is 17.1 Å². The second kappa shape index (κ2) is 4.90. The van der Waals surface area contributed by atoms with Crippen LogP contribution in [-0.2, 0) is 0 Å². The van der Waals surface area contributed by atoms with Crippen LogP contribution in [0.3, 0.4) is 0 Å². The van der Waals surface area contributed by atoms with Crippen LogP contribution in [0, 0.1) is 18.7 Å². The van der Waals surface area contributed by atoms with Crippen molar-refractivity contribution in [3.8, 4) is 11.3 Å². The zero-order valence-corrected chi connectivity index (χ0v) is 10.9. The number of halogens is 1. The molecule has 1 aromatic heterocycles. The molecule has 4 heteroatoms. The van der Waals surface area contributed by atoms with E-state index in [1.54, 1.807) is 18.2 Å². The van der Waals surface area contributed by atoms with Crippen LogP contribution in [0.15, 0.2) is 24.3 Å². The minimum atomic E-state index is -0.267. The lowest BCUT2D eigenvalue weighted by Crippen LogP contribution is -2.18. The van der Waals surface area contributed by atoms with E-state index in [9.17, 15) is 4.39 Å². The molecule has 2 rings (SSSR count). The molecule has 1 atom stereocenters. The lowest BCUT2D eigenvalue weighted by molar-refractivity contribution is 0.494. The van der Waals surface area contributed by atoms with Gasteiger partial charge in [0.25, 0.3) is 0 Å². The van der Waals surface area contributed by atoms with E-state index in [1.165, 1.54) is 6.07 Å². The number of aryl methyl sites for hydroxylation is 1. The van der Waals surface area contributed by atoms with E-state index in [0.717, 1.165) is 5.69 Å². The fraction of sp³-hybridized carbons (Fsp3) is 0.357. The molecular weight excluding hydrogens is 229 g/mol. The molecule has 0 fully saturated rings. The molecule has 0 amide bonds. The van der Waals surface area contributed by atoms with Crippen LogP contribution in [0.5, 0.6) is 0 Å². The molecule has 0 aliphatic heterocycles. The van der Waals surface area contributed by atoms with Crippen LogP contribution in [0.2, 0.25) is 0 Å². The van der Waals surface area contributed by atoms with Crippen LogP contribution in [0.4, 0.5) is 4.39 Å². The molecule has 0 saturated carbocycles. The van der Waals surface area contributed by atoms with Crippen LogP contribution < -0.4 is 5.73 Å². The van der Waals surface area contributed by atoms with Crippen LogP contribution in [0.1, 0.15) is 31.4 Å². The first-order valence-corrected chi connectivity index (χ1v) is 6.07. The van der Waals surface area contributed by atoms with Gasteiger partial charge in [-0.25, -0.2) is 9.37 Å². The number of aromatic amines is 1. The second-order valence-electron chi connectivity index (χ2n) is 4.85. The van der Waals surface area contributed by atoms with E-state index >= 15 is 0 Å². The zero-order valence-electron chi connectivity index (χ0n) is 10.9. The summed E-state index contributed by atoms with van der Waals surface area (Å²) in [4.78, 5) is 7.59. The van der Waals surface area contributed by atoms with Gasteiger partial charge in [0.05, 0.1) is 11.7 Å². The van der Waals surface area contributed by atoms with Gasteiger partial charge in [-0.2, -0.15) is 0 Å². The number of H-pyrrole nitrogens is 1. The molecule has 2 aromatic rings. The number of rotatable bonds is 3. The smallest absolute Gasteiger partial charge is 0.132 e. The Morgan fingerprint density at radius 2 is 1.94 bits per heavy atom. The number of aromatic nitrogens is 2. The van der Waals surface area contributed by atoms with Gasteiger partial charge in [0.1, 0.15) is 11.6 Å². The first-order chi connectivity index (χ1) is 8.50. The number of hydrogen-bond donors (Lipinski definition) is 2. The number of benzene rings is 1. The molecule has 0 saturated heterocycles. The Labute approximate surface area is 106 Å². The summed E-state index contributed by atoms with van der Waals surface area (Å²) in [5.74, 6) is 0.724. The van der Waals surface area contributed by atoms with E-state index in [4.69, 9.17) is 5.73 Å². The third-order valence-electron chi connectivity index (χ3n) is 3.07. The van der Waals surface area contributed by atoms with E-state index in [2.05, 4.69) is 9.97 Å². The maximum absolute atomic E-state index is 13.7. The number of nitrogens with two attached hydrogens (primary N) is 1. The quantitative estimate of drug-likeness (QED) is 0.875. The molecule has 96 valence electrons. The van der Waals surface area contributed by atoms with Gasteiger partial charge in [-0.3, -0.25) is 0 Å². The summed E-state index contributed by atoms with van der Waals surface area (Å²) >= 11 is 0. The van der Waals surface area contributed by atoms with Crippen LogP contribution in [0.25, 0.3) is 11.3 Å². The van der Waals surface area contributed by atoms with Gasteiger partial charge in [0.2, 0.25) is 0 Å². The number of imidazole rings is 1. The molecule has 0 radical (unpaired) electrons. The summed E-state index contributed by atoms with van der Waals surface area (Å²) in [5, 5.41) is 0. The SMILES string of the molecule is Cc1[nH]c(C(N)C(C)C)nc1-c1ccccc1F. The second-order valence-corrected chi connectivity index (χ2v) is 4.85. The molecule has 0 aliphatic rings. The van der Waals surface area contributed by atoms with Gasteiger partial charge in [0.15, 0.2) is 0 Å². The highest BCUT2D eigenvalue weighted by molar-refractivity contribution is 5.62. The van der Waals surface area contributed by atoms with Gasteiger partial charge in [-0.15, -0.1) is 0 Å². The fourth-order valence-electron chi connectivity index (χ4n) is 1.87. The molecule has 1 aromatic carbocycles. The first kappa shape index (κ1) is 12.8. The summed E-state index contributed by atoms with van der Waals surface area (Å²) in [6.07, 6.45) is 0. The molecular formula is C14H18FN3. The summed E-state index contributed by atoms with van der Waals surface area (Å²) < 4.78 is 13.7. The summed E-state index contributed by atoms with van der Waals surface area (Å²) in [6, 6.07) is 6.47. The highest BCUT2D eigenvalue weighted by atomic mass is 19.1. The molecule has 1 unspecified atom stereocenters. The van der Waals surface area contributed by atoms with Gasteiger partial charge in [-0.05, 0) is 25.0 Å². The lowest BCUT2D eigenvalue weighted by Gasteiger charge is -2.11. The number of nitrogens with one attached hydrogen (secondary N) is 1. The van der Waals surface area contributed by atoms with Gasteiger partial charge >= 0.3 is 0 Å². The van der Waals surface area contributed by atoms with Crippen molar-refractivity contribution in [3.63, 3.8) is 0 Å². The Hall–Kier alpha value is -1.68. The summed E-state index contributed by atoms with van der Waals surface area (Å²) in [5.41, 5.74) is 8.03. The van der Waals surface area contributed by atoms with Crippen molar-refractivity contribution in [2.24, 2.45) is 11.7 Å². The maximum atomic E-state index is 13.7. The van der Waals surface area contributed by atoms with Crippen molar-refractivity contribution < 1.29 is 4.39 Å². The molecule has 1 heterocycles. The average molecular weight is 247 g/mol. The van der Waals surface area contributed by atoms with E-state index in [-0.39, 0.29) is 17.8 Å². The van der Waals surface area contributed by atoms with Crippen LogP contribution >= 0.6 is 0 Å². The Morgan fingerprint density at radius 1 is 1.28 bits per heavy atom. The highest BCUT2D eigenvalue weighted by Crippen LogP contribution is 2.26. The zero-order chi connectivity index (χ0) is 13.3. The topological polar surface area (TPSA) is 54.7 Å².